The summed E-state index contributed by atoms with van der Waals surface area (Å²) in [4.78, 5) is 0. The molecule has 3 heterocycles. The minimum Gasteiger partial charge on any atom is -0.497 e. The molecule has 1 aliphatic heterocycles. The Bertz CT molecular complexity index is 880. The lowest BCUT2D eigenvalue weighted by molar-refractivity contribution is 0.414. The number of nitrogens with two attached hydrogens (primary N) is 1. The molecule has 25 heavy (non-hydrogen) atoms. The van der Waals surface area contributed by atoms with E-state index in [1.807, 2.05) is 39.8 Å². The number of hydrogen-bond donors (Lipinski definition) is 2. The molecule has 1 unspecified atom stereocenters. The van der Waals surface area contributed by atoms with Gasteiger partial charge in [-0.05, 0) is 31.0 Å². The summed E-state index contributed by atoms with van der Waals surface area (Å²) in [5, 5.41) is 12.5. The second-order valence-corrected chi connectivity index (χ2v) is 6.37. The van der Waals surface area contributed by atoms with Gasteiger partial charge in [0.15, 0.2) is 0 Å². The van der Waals surface area contributed by atoms with Gasteiger partial charge in [0, 0.05) is 6.54 Å². The zero-order valence-electron chi connectivity index (χ0n) is 14.4. The molecule has 0 fully saturated rings. The fourth-order valence-electron chi connectivity index (χ4n) is 3.29. The molecule has 0 radical (unpaired) electrons. The number of nitrogens with one attached hydrogen (secondary N) is 1. The highest BCUT2D eigenvalue weighted by Gasteiger charge is 2.24. The van der Waals surface area contributed by atoms with Crippen LogP contribution in [0.15, 0.2) is 36.7 Å². The van der Waals surface area contributed by atoms with Crippen LogP contribution < -0.4 is 15.8 Å². The third-order valence-electron chi connectivity index (χ3n) is 4.68. The first-order valence-electron chi connectivity index (χ1n) is 8.43. The van der Waals surface area contributed by atoms with Crippen LogP contribution in [0.4, 0.5) is 11.5 Å². The van der Waals surface area contributed by atoms with Crippen molar-refractivity contribution in [2.24, 2.45) is 0 Å². The van der Waals surface area contributed by atoms with E-state index in [9.17, 15) is 0 Å². The standard InChI is InChI=1S/C18H22N6O/c1-12-7-8-20-18-15(9-22-24(12)18)17-16(19)10-21-23(17)11-13-3-5-14(25-2)6-4-13/h3-6,9-10,12,20H,7-8,11,19H2,1-2H3. The van der Waals surface area contributed by atoms with Gasteiger partial charge < -0.3 is 15.8 Å². The number of ether oxygens (including phenoxy) is 1. The number of rotatable bonds is 4. The maximum atomic E-state index is 6.23. The monoisotopic (exact) mass is 338 g/mol. The van der Waals surface area contributed by atoms with Gasteiger partial charge in [-0.25, -0.2) is 4.68 Å². The predicted molar refractivity (Wildman–Crippen MR) is 97.8 cm³/mol. The van der Waals surface area contributed by atoms with Crippen molar-refractivity contribution in [1.82, 2.24) is 19.6 Å². The normalized spacial score (nSPS) is 16.3. The smallest absolute Gasteiger partial charge is 0.134 e. The Morgan fingerprint density at radius 3 is 2.80 bits per heavy atom. The third-order valence-corrected chi connectivity index (χ3v) is 4.68. The topological polar surface area (TPSA) is 82.9 Å². The Hall–Kier alpha value is -2.96. The van der Waals surface area contributed by atoms with E-state index in [2.05, 4.69) is 22.4 Å². The summed E-state index contributed by atoms with van der Waals surface area (Å²) in [7, 11) is 1.67. The summed E-state index contributed by atoms with van der Waals surface area (Å²) in [5.74, 6) is 1.86. The molecule has 2 aromatic heterocycles. The highest BCUT2D eigenvalue weighted by Crippen LogP contribution is 2.36. The van der Waals surface area contributed by atoms with Gasteiger partial charge in [-0.1, -0.05) is 12.1 Å². The molecule has 3 aromatic rings. The van der Waals surface area contributed by atoms with Crippen LogP contribution in [0, 0.1) is 0 Å². The van der Waals surface area contributed by atoms with Crippen molar-refractivity contribution in [3.63, 3.8) is 0 Å². The Kier molecular flexibility index (Phi) is 3.83. The molecule has 130 valence electrons. The predicted octanol–water partition coefficient (Wildman–Crippen LogP) is 2.76. The fourth-order valence-corrected chi connectivity index (χ4v) is 3.29. The van der Waals surface area contributed by atoms with Crippen LogP contribution in [0.3, 0.4) is 0 Å². The van der Waals surface area contributed by atoms with E-state index in [4.69, 9.17) is 10.5 Å². The van der Waals surface area contributed by atoms with Crippen molar-refractivity contribution < 1.29 is 4.74 Å². The SMILES string of the molecule is COc1ccc(Cn2ncc(N)c2-c2cnn3c2NCCC3C)cc1. The van der Waals surface area contributed by atoms with Gasteiger partial charge in [-0.2, -0.15) is 10.2 Å². The van der Waals surface area contributed by atoms with Gasteiger partial charge in [-0.3, -0.25) is 4.68 Å². The summed E-state index contributed by atoms with van der Waals surface area (Å²) in [6, 6.07) is 8.35. The minimum absolute atomic E-state index is 0.379. The molecule has 1 aliphatic rings. The summed E-state index contributed by atoms with van der Waals surface area (Å²) < 4.78 is 9.17. The summed E-state index contributed by atoms with van der Waals surface area (Å²) >= 11 is 0. The fraction of sp³-hybridized carbons (Fsp3) is 0.333. The van der Waals surface area contributed by atoms with E-state index in [-0.39, 0.29) is 0 Å². The Morgan fingerprint density at radius 1 is 1.24 bits per heavy atom. The van der Waals surface area contributed by atoms with E-state index >= 15 is 0 Å². The number of fused-ring (bicyclic) bond motifs is 1. The van der Waals surface area contributed by atoms with Crippen molar-refractivity contribution in [3.8, 4) is 17.0 Å². The molecule has 4 rings (SSSR count). The van der Waals surface area contributed by atoms with Crippen molar-refractivity contribution in [1.29, 1.82) is 0 Å². The lowest BCUT2D eigenvalue weighted by Gasteiger charge is -2.23. The first kappa shape index (κ1) is 15.6. The maximum absolute atomic E-state index is 6.23. The van der Waals surface area contributed by atoms with Gasteiger partial charge in [0.25, 0.3) is 0 Å². The van der Waals surface area contributed by atoms with Gasteiger partial charge in [0.1, 0.15) is 11.6 Å². The number of anilines is 2. The quantitative estimate of drug-likeness (QED) is 0.764. The van der Waals surface area contributed by atoms with Crippen LogP contribution in [0.5, 0.6) is 5.75 Å². The van der Waals surface area contributed by atoms with Crippen molar-refractivity contribution in [2.45, 2.75) is 25.9 Å². The van der Waals surface area contributed by atoms with Crippen LogP contribution in [-0.4, -0.2) is 33.2 Å². The van der Waals surface area contributed by atoms with E-state index in [1.54, 1.807) is 13.3 Å². The zero-order chi connectivity index (χ0) is 17.4. The number of aromatic nitrogens is 4. The number of nitrogens with zero attached hydrogens (tertiary/aromatic N) is 4. The zero-order valence-corrected chi connectivity index (χ0v) is 14.4. The maximum Gasteiger partial charge on any atom is 0.134 e. The molecule has 3 N–H and O–H groups in total. The largest absolute Gasteiger partial charge is 0.497 e. The highest BCUT2D eigenvalue weighted by atomic mass is 16.5. The molecule has 0 amide bonds. The van der Waals surface area contributed by atoms with Crippen LogP contribution in [0.1, 0.15) is 24.9 Å². The number of methoxy groups -OCH3 is 1. The van der Waals surface area contributed by atoms with Crippen molar-refractivity contribution in [2.75, 3.05) is 24.7 Å². The van der Waals surface area contributed by atoms with Crippen LogP contribution in [-0.2, 0) is 6.54 Å². The number of nitrogen functional groups attached to an aromatic ring is 1. The van der Waals surface area contributed by atoms with Crippen LogP contribution >= 0.6 is 0 Å². The second-order valence-electron chi connectivity index (χ2n) is 6.37. The van der Waals surface area contributed by atoms with Gasteiger partial charge in [0.05, 0.1) is 49.0 Å². The van der Waals surface area contributed by atoms with E-state index in [0.29, 0.717) is 18.3 Å². The van der Waals surface area contributed by atoms with Gasteiger partial charge in [-0.15, -0.1) is 0 Å². The first-order valence-corrected chi connectivity index (χ1v) is 8.43. The second kappa shape index (κ2) is 6.16. The van der Waals surface area contributed by atoms with E-state index in [1.165, 1.54) is 0 Å². The molecule has 0 saturated heterocycles. The van der Waals surface area contributed by atoms with Crippen molar-refractivity contribution in [3.05, 3.63) is 42.2 Å². The van der Waals surface area contributed by atoms with Crippen LogP contribution in [0.2, 0.25) is 0 Å². The Balaban J connectivity index is 1.70. The molecule has 0 bridgehead atoms. The van der Waals surface area contributed by atoms with E-state index in [0.717, 1.165) is 41.4 Å². The molecule has 7 nitrogen and oxygen atoms in total. The molecule has 7 heteroatoms. The third kappa shape index (κ3) is 2.71. The summed E-state index contributed by atoms with van der Waals surface area (Å²) in [6.45, 7) is 3.75. The van der Waals surface area contributed by atoms with Gasteiger partial charge in [0.2, 0.25) is 0 Å². The molecule has 1 aromatic carbocycles. The van der Waals surface area contributed by atoms with Gasteiger partial charge >= 0.3 is 0 Å². The molecular weight excluding hydrogens is 316 g/mol. The average molecular weight is 338 g/mol. The Labute approximate surface area is 146 Å². The Morgan fingerprint density at radius 2 is 2.04 bits per heavy atom. The molecule has 0 spiro atoms. The first-order chi connectivity index (χ1) is 12.2. The minimum atomic E-state index is 0.379. The molecule has 1 atom stereocenters. The average Bonchev–Trinajstić information content (AvgIpc) is 3.20. The van der Waals surface area contributed by atoms with E-state index < -0.39 is 0 Å². The summed E-state index contributed by atoms with van der Waals surface area (Å²) in [5.41, 5.74) is 9.92. The highest BCUT2D eigenvalue weighted by molar-refractivity contribution is 5.81. The molecule has 0 aliphatic carbocycles. The lowest BCUT2D eigenvalue weighted by atomic mass is 10.1. The molecular formula is C18H22N6O. The number of benzene rings is 1. The van der Waals surface area contributed by atoms with Crippen molar-refractivity contribution >= 4 is 11.5 Å². The summed E-state index contributed by atoms with van der Waals surface area (Å²) in [6.07, 6.45) is 4.64. The lowest BCUT2D eigenvalue weighted by Crippen LogP contribution is -2.21. The van der Waals surface area contributed by atoms with Crippen LogP contribution in [0.25, 0.3) is 11.3 Å². The molecule has 0 saturated carbocycles. The number of hydrogen-bond acceptors (Lipinski definition) is 5.